The molecular weight excluding hydrogens is 492 g/mol. The number of carbonyl (C=O) groups is 6. The minimum Gasteiger partial charge on any atom is -0.363 e. The zero-order valence-corrected chi connectivity index (χ0v) is 22.9. The van der Waals surface area contributed by atoms with Crippen LogP contribution in [0.1, 0.15) is 59.3 Å². The zero-order valence-electron chi connectivity index (χ0n) is 22.9. The molecule has 2 fully saturated rings. The molecule has 1 heterocycles. The summed E-state index contributed by atoms with van der Waals surface area (Å²) in [4.78, 5) is 78.3. The van der Waals surface area contributed by atoms with Crippen molar-refractivity contribution < 1.29 is 28.8 Å². The largest absolute Gasteiger partial charge is 0.363 e. The summed E-state index contributed by atoms with van der Waals surface area (Å²) in [5, 5.41) is 7.79. The van der Waals surface area contributed by atoms with Crippen LogP contribution in [0.3, 0.4) is 0 Å². The lowest BCUT2D eigenvalue weighted by Crippen LogP contribution is -2.60. The van der Waals surface area contributed by atoms with Crippen molar-refractivity contribution in [1.82, 2.24) is 25.8 Å². The molecule has 2 rings (SSSR count). The first-order chi connectivity index (χ1) is 17.8. The smallest absolute Gasteiger partial charge is 0.315 e. The molecule has 5 N–H and O–H groups in total. The van der Waals surface area contributed by atoms with Crippen molar-refractivity contribution in [1.29, 1.82) is 0 Å². The normalized spacial score (nSPS) is 18.9. The van der Waals surface area contributed by atoms with Crippen molar-refractivity contribution in [2.75, 3.05) is 26.7 Å². The third kappa shape index (κ3) is 8.29. The Balaban J connectivity index is 2.09. The lowest BCUT2D eigenvalue weighted by molar-refractivity contribution is -0.143. The molecule has 38 heavy (non-hydrogen) atoms. The van der Waals surface area contributed by atoms with Crippen LogP contribution in [-0.4, -0.2) is 90.1 Å². The van der Waals surface area contributed by atoms with Crippen LogP contribution < -0.4 is 21.7 Å². The van der Waals surface area contributed by atoms with E-state index in [0.29, 0.717) is 32.4 Å². The molecule has 0 spiro atoms. The molecule has 6 amide bonds. The second-order valence-electron chi connectivity index (χ2n) is 11.2. The van der Waals surface area contributed by atoms with Gasteiger partial charge in [0.05, 0.1) is 12.6 Å². The van der Waals surface area contributed by atoms with Crippen molar-refractivity contribution >= 4 is 35.4 Å². The number of nitrogens with one attached hydrogen (secondary N) is 3. The Labute approximate surface area is 224 Å². The summed E-state index contributed by atoms with van der Waals surface area (Å²) in [6.45, 7) is 9.29. The summed E-state index contributed by atoms with van der Waals surface area (Å²) in [6, 6.07) is -3.56. The Hall–Kier alpha value is -3.44. The maximum Gasteiger partial charge on any atom is 0.315 e. The Morgan fingerprint density at radius 2 is 1.74 bits per heavy atom. The topological polar surface area (TPSA) is 171 Å². The van der Waals surface area contributed by atoms with Gasteiger partial charge in [-0.15, -0.1) is 6.58 Å². The molecule has 12 nitrogen and oxygen atoms in total. The van der Waals surface area contributed by atoms with Crippen LogP contribution in [0.2, 0.25) is 0 Å². The number of ketones is 1. The first kappa shape index (κ1) is 30.8. The average Bonchev–Trinajstić information content (AvgIpc) is 3.31. The third-order valence-corrected chi connectivity index (χ3v) is 7.13. The summed E-state index contributed by atoms with van der Waals surface area (Å²) < 4.78 is 0. The summed E-state index contributed by atoms with van der Waals surface area (Å²) >= 11 is 0. The van der Waals surface area contributed by atoms with Gasteiger partial charge in [-0.05, 0) is 30.6 Å². The highest BCUT2D eigenvalue weighted by Crippen LogP contribution is 2.31. The van der Waals surface area contributed by atoms with E-state index >= 15 is 0 Å². The minimum atomic E-state index is -1.11. The molecule has 1 unspecified atom stereocenters. The van der Waals surface area contributed by atoms with Crippen LogP contribution in [0.25, 0.3) is 0 Å². The average molecular weight is 535 g/mol. The highest BCUT2D eigenvalue weighted by molar-refractivity contribution is 6.37. The van der Waals surface area contributed by atoms with Crippen LogP contribution in [-0.2, 0) is 24.0 Å². The number of Topliss-reactive ketones (excluding diaryl/α,β-unsaturated/α-hetero) is 1. The van der Waals surface area contributed by atoms with Gasteiger partial charge in [0, 0.05) is 20.1 Å². The SMILES string of the molecule is C=CCN(C)C(=O)CNC(=O)N[C@H](C(=O)N1CCC[C@H]1C(=O)NC(CC1CCC1)C(=O)C(N)=O)C(C)(C)C. The molecule has 1 aliphatic carbocycles. The number of primary amides is 1. The van der Waals surface area contributed by atoms with Gasteiger partial charge in [0.2, 0.25) is 23.5 Å². The van der Waals surface area contributed by atoms with Gasteiger partial charge in [0.15, 0.2) is 0 Å². The Morgan fingerprint density at radius 1 is 1.08 bits per heavy atom. The highest BCUT2D eigenvalue weighted by atomic mass is 16.2. The highest BCUT2D eigenvalue weighted by Gasteiger charge is 2.43. The molecule has 0 bridgehead atoms. The molecule has 1 saturated carbocycles. The van der Waals surface area contributed by atoms with Crippen LogP contribution >= 0.6 is 0 Å². The number of likely N-dealkylation sites (tertiary alicyclic amines) is 1. The number of urea groups is 1. The molecule has 212 valence electrons. The molecule has 2 aliphatic rings. The Kier molecular flexibility index (Phi) is 10.8. The Morgan fingerprint density at radius 3 is 2.26 bits per heavy atom. The zero-order chi connectivity index (χ0) is 28.6. The van der Waals surface area contributed by atoms with Crippen molar-refractivity contribution in [2.24, 2.45) is 17.1 Å². The number of carbonyl (C=O) groups excluding carboxylic acids is 6. The number of likely N-dealkylation sites (N-methyl/N-ethyl adjacent to an activating group) is 1. The van der Waals surface area contributed by atoms with E-state index in [4.69, 9.17) is 5.73 Å². The number of amides is 6. The quantitative estimate of drug-likeness (QED) is 0.204. The molecule has 3 atom stereocenters. The summed E-state index contributed by atoms with van der Waals surface area (Å²) in [5.41, 5.74) is 4.50. The van der Waals surface area contributed by atoms with E-state index < -0.39 is 53.1 Å². The van der Waals surface area contributed by atoms with E-state index in [1.807, 2.05) is 0 Å². The van der Waals surface area contributed by atoms with E-state index in [1.54, 1.807) is 33.9 Å². The van der Waals surface area contributed by atoms with Gasteiger partial charge in [-0.25, -0.2) is 4.79 Å². The maximum absolute atomic E-state index is 13.6. The van der Waals surface area contributed by atoms with E-state index in [9.17, 15) is 28.8 Å². The molecular formula is C26H42N6O6. The van der Waals surface area contributed by atoms with E-state index in [0.717, 1.165) is 19.3 Å². The van der Waals surface area contributed by atoms with Crippen molar-refractivity contribution in [3.05, 3.63) is 12.7 Å². The van der Waals surface area contributed by atoms with Gasteiger partial charge in [-0.3, -0.25) is 24.0 Å². The number of rotatable bonds is 12. The fraction of sp³-hybridized carbons (Fsp3) is 0.692. The van der Waals surface area contributed by atoms with Crippen molar-refractivity contribution in [3.8, 4) is 0 Å². The second kappa shape index (κ2) is 13.4. The van der Waals surface area contributed by atoms with Gasteiger partial charge in [-0.2, -0.15) is 0 Å². The fourth-order valence-corrected chi connectivity index (χ4v) is 4.62. The number of nitrogens with two attached hydrogens (primary N) is 1. The van der Waals surface area contributed by atoms with E-state index in [1.165, 1.54) is 9.80 Å². The van der Waals surface area contributed by atoms with Crippen LogP contribution in [0, 0.1) is 11.3 Å². The number of hydrogen-bond donors (Lipinski definition) is 4. The monoisotopic (exact) mass is 534 g/mol. The van der Waals surface area contributed by atoms with Crippen LogP contribution in [0.15, 0.2) is 12.7 Å². The molecule has 0 aromatic rings. The summed E-state index contributed by atoms with van der Waals surface area (Å²) in [5.74, 6) is -3.01. The summed E-state index contributed by atoms with van der Waals surface area (Å²) in [7, 11) is 1.58. The molecule has 0 radical (unpaired) electrons. The lowest BCUT2D eigenvalue weighted by atomic mass is 9.80. The van der Waals surface area contributed by atoms with Gasteiger partial charge in [0.25, 0.3) is 5.91 Å². The van der Waals surface area contributed by atoms with Crippen LogP contribution in [0.4, 0.5) is 4.79 Å². The van der Waals surface area contributed by atoms with Gasteiger partial charge in [0.1, 0.15) is 12.1 Å². The van der Waals surface area contributed by atoms with E-state index in [-0.39, 0.29) is 18.4 Å². The first-order valence-electron chi connectivity index (χ1n) is 13.1. The third-order valence-electron chi connectivity index (χ3n) is 7.13. The second-order valence-corrected chi connectivity index (χ2v) is 11.2. The summed E-state index contributed by atoms with van der Waals surface area (Å²) in [6.07, 6.45) is 5.72. The van der Waals surface area contributed by atoms with E-state index in [2.05, 4.69) is 22.5 Å². The van der Waals surface area contributed by atoms with Crippen LogP contribution in [0.5, 0.6) is 0 Å². The molecule has 0 aromatic heterocycles. The molecule has 0 aromatic carbocycles. The number of nitrogens with zero attached hydrogens (tertiary/aromatic N) is 2. The van der Waals surface area contributed by atoms with Crippen molar-refractivity contribution in [2.45, 2.75) is 77.4 Å². The minimum absolute atomic E-state index is 0.237. The first-order valence-corrected chi connectivity index (χ1v) is 13.1. The number of hydrogen-bond acceptors (Lipinski definition) is 6. The Bertz CT molecular complexity index is 941. The lowest BCUT2D eigenvalue weighted by Gasteiger charge is -2.36. The molecule has 12 heteroatoms. The standard InChI is InChI=1S/C26H42N6O6/c1-6-12-31(5)19(33)15-28-25(38)30-21(26(2,3)4)24(37)32-13-8-11-18(32)23(36)29-17(20(34)22(27)35)14-16-9-7-10-16/h6,16-18,21H,1,7-15H2,2-5H3,(H2,27,35)(H,29,36)(H2,28,30,38)/t17?,18-,21+/m0/s1. The predicted octanol–water partition coefficient (Wildman–Crippen LogP) is 0.0651. The fourth-order valence-electron chi connectivity index (χ4n) is 4.62. The molecule has 1 aliphatic heterocycles. The van der Waals surface area contributed by atoms with Gasteiger partial charge < -0.3 is 31.5 Å². The van der Waals surface area contributed by atoms with Crippen molar-refractivity contribution in [3.63, 3.8) is 0 Å². The van der Waals surface area contributed by atoms with Gasteiger partial charge in [-0.1, -0.05) is 46.1 Å². The predicted molar refractivity (Wildman–Crippen MR) is 140 cm³/mol. The maximum atomic E-state index is 13.6. The molecule has 1 saturated heterocycles. The van der Waals surface area contributed by atoms with Gasteiger partial charge >= 0.3 is 6.03 Å².